The molecule has 0 saturated carbocycles. The molecule has 37 heavy (non-hydrogen) atoms. The molecule has 1 N–H and O–H groups in total. The van der Waals surface area contributed by atoms with Gasteiger partial charge in [0.1, 0.15) is 12.4 Å². The highest BCUT2D eigenvalue weighted by atomic mass is 16.5. The number of hydrogen-bond donors (Lipinski definition) is 1. The predicted molar refractivity (Wildman–Crippen MR) is 142 cm³/mol. The molecule has 1 aliphatic rings. The number of nitrogens with one attached hydrogen (secondary N) is 1. The van der Waals surface area contributed by atoms with Crippen LogP contribution < -0.4 is 10.1 Å². The van der Waals surface area contributed by atoms with Gasteiger partial charge in [0.2, 0.25) is 17.6 Å². The molecule has 0 unspecified atom stereocenters. The first kappa shape index (κ1) is 24.7. The number of piperazine rings is 1. The second-order valence-electron chi connectivity index (χ2n) is 9.28. The summed E-state index contributed by atoms with van der Waals surface area (Å²) in [6, 6.07) is 25.6. The minimum absolute atomic E-state index is 0.00957. The van der Waals surface area contributed by atoms with E-state index in [0.717, 1.165) is 48.7 Å². The lowest BCUT2D eigenvalue weighted by molar-refractivity contribution is -0.117. The van der Waals surface area contributed by atoms with Gasteiger partial charge in [-0.25, -0.2) is 0 Å². The van der Waals surface area contributed by atoms with Crippen LogP contribution >= 0.6 is 0 Å². The minimum atomic E-state index is 0.00957. The molecule has 0 atom stereocenters. The number of carbonyl (C=O) groups is 1. The fraction of sp³-hybridized carbons (Fsp3) is 0.276. The zero-order valence-corrected chi connectivity index (χ0v) is 21.0. The Hall–Kier alpha value is -4.01. The molecule has 1 fully saturated rings. The maximum atomic E-state index is 12.4. The van der Waals surface area contributed by atoms with Crippen molar-refractivity contribution in [2.24, 2.45) is 0 Å². The largest absolute Gasteiger partial charge is 0.489 e. The number of hydrogen-bond acceptors (Lipinski definition) is 7. The number of ether oxygens (including phenoxy) is 1. The quantitative estimate of drug-likeness (QED) is 0.367. The van der Waals surface area contributed by atoms with Gasteiger partial charge in [-0.3, -0.25) is 14.6 Å². The van der Waals surface area contributed by atoms with Gasteiger partial charge in [-0.05, 0) is 48.9 Å². The Kier molecular flexibility index (Phi) is 7.88. The third-order valence-corrected chi connectivity index (χ3v) is 6.36. The fourth-order valence-corrected chi connectivity index (χ4v) is 4.21. The van der Waals surface area contributed by atoms with Gasteiger partial charge in [-0.2, -0.15) is 4.98 Å². The van der Waals surface area contributed by atoms with Crippen molar-refractivity contribution in [1.82, 2.24) is 19.9 Å². The van der Waals surface area contributed by atoms with E-state index in [1.807, 2.05) is 85.8 Å². The van der Waals surface area contributed by atoms with Gasteiger partial charge in [-0.15, -0.1) is 0 Å². The Balaban J connectivity index is 1.06. The maximum Gasteiger partial charge on any atom is 0.241 e. The molecule has 0 bridgehead atoms. The zero-order chi connectivity index (χ0) is 25.5. The summed E-state index contributed by atoms with van der Waals surface area (Å²) in [5.74, 6) is 1.96. The van der Waals surface area contributed by atoms with E-state index in [-0.39, 0.29) is 5.91 Å². The summed E-state index contributed by atoms with van der Waals surface area (Å²) in [5, 5.41) is 7.13. The van der Waals surface area contributed by atoms with Crippen molar-refractivity contribution in [1.29, 1.82) is 0 Å². The van der Waals surface area contributed by atoms with E-state index in [4.69, 9.17) is 9.26 Å². The summed E-state index contributed by atoms with van der Waals surface area (Å²) in [5.41, 5.74) is 4.01. The van der Waals surface area contributed by atoms with Crippen LogP contribution in [0.3, 0.4) is 0 Å². The second-order valence-corrected chi connectivity index (χ2v) is 9.28. The third-order valence-electron chi connectivity index (χ3n) is 6.36. The normalized spacial score (nSPS) is 14.4. The van der Waals surface area contributed by atoms with Crippen LogP contribution in [-0.2, 0) is 17.9 Å². The first-order valence-electron chi connectivity index (χ1n) is 12.5. The molecule has 5 rings (SSSR count). The van der Waals surface area contributed by atoms with Gasteiger partial charge < -0.3 is 14.6 Å². The first-order valence-corrected chi connectivity index (χ1v) is 12.5. The van der Waals surface area contributed by atoms with Crippen molar-refractivity contribution in [2.45, 2.75) is 20.1 Å². The molecule has 1 aromatic heterocycles. The minimum Gasteiger partial charge on any atom is -0.489 e. The van der Waals surface area contributed by atoms with Gasteiger partial charge in [0, 0.05) is 37.4 Å². The number of rotatable bonds is 9. The van der Waals surface area contributed by atoms with Crippen molar-refractivity contribution in [2.75, 3.05) is 38.0 Å². The predicted octanol–water partition coefficient (Wildman–Crippen LogP) is 4.38. The van der Waals surface area contributed by atoms with E-state index in [2.05, 4.69) is 25.3 Å². The fourth-order valence-electron chi connectivity index (χ4n) is 4.21. The molecule has 3 aromatic carbocycles. The number of amides is 1. The van der Waals surface area contributed by atoms with Crippen LogP contribution in [0.4, 0.5) is 5.69 Å². The van der Waals surface area contributed by atoms with E-state index >= 15 is 0 Å². The average molecular weight is 498 g/mol. The lowest BCUT2D eigenvalue weighted by Crippen LogP contribution is -2.48. The van der Waals surface area contributed by atoms with Crippen molar-refractivity contribution < 1.29 is 14.1 Å². The standard InChI is InChI=1S/C29H31N5O3/c1-22-7-11-25(12-8-22)30-27(35)19-33-15-17-34(18-16-33)20-28-31-29(32-37-28)24-9-13-26(14-10-24)36-21-23-5-3-2-4-6-23/h2-14H,15-21H2,1H3,(H,30,35). The van der Waals surface area contributed by atoms with Gasteiger partial charge in [0.05, 0.1) is 13.1 Å². The number of anilines is 1. The van der Waals surface area contributed by atoms with Crippen LogP contribution in [0.2, 0.25) is 0 Å². The molecular weight excluding hydrogens is 466 g/mol. The Morgan fingerprint density at radius 1 is 0.919 bits per heavy atom. The molecule has 2 heterocycles. The highest BCUT2D eigenvalue weighted by molar-refractivity contribution is 5.92. The lowest BCUT2D eigenvalue weighted by Gasteiger charge is -2.33. The smallest absolute Gasteiger partial charge is 0.241 e. The summed E-state index contributed by atoms with van der Waals surface area (Å²) in [7, 11) is 0. The second kappa shape index (κ2) is 11.8. The summed E-state index contributed by atoms with van der Waals surface area (Å²) in [6.45, 7) is 6.83. The van der Waals surface area contributed by atoms with Gasteiger partial charge in [0.15, 0.2) is 0 Å². The summed E-state index contributed by atoms with van der Waals surface area (Å²) in [6.07, 6.45) is 0. The molecule has 8 heteroatoms. The monoisotopic (exact) mass is 497 g/mol. The molecule has 1 saturated heterocycles. The summed E-state index contributed by atoms with van der Waals surface area (Å²) >= 11 is 0. The molecule has 8 nitrogen and oxygen atoms in total. The Morgan fingerprint density at radius 2 is 1.62 bits per heavy atom. The van der Waals surface area contributed by atoms with Crippen molar-refractivity contribution in [3.8, 4) is 17.1 Å². The SMILES string of the molecule is Cc1ccc(NC(=O)CN2CCN(Cc3nc(-c4ccc(OCc5ccccc5)cc4)no3)CC2)cc1. The van der Waals surface area contributed by atoms with Gasteiger partial charge in [0.25, 0.3) is 0 Å². The first-order chi connectivity index (χ1) is 18.1. The molecule has 0 radical (unpaired) electrons. The zero-order valence-electron chi connectivity index (χ0n) is 21.0. The molecule has 0 spiro atoms. The van der Waals surface area contributed by atoms with Crippen molar-refractivity contribution in [3.05, 3.63) is 95.9 Å². The number of aromatic nitrogens is 2. The van der Waals surface area contributed by atoms with Crippen molar-refractivity contribution >= 4 is 11.6 Å². The molecule has 4 aromatic rings. The molecule has 0 aliphatic carbocycles. The Labute approximate surface area is 216 Å². The molecule has 1 aliphatic heterocycles. The lowest BCUT2D eigenvalue weighted by atomic mass is 10.2. The summed E-state index contributed by atoms with van der Waals surface area (Å²) < 4.78 is 11.4. The molecular formula is C29H31N5O3. The van der Waals surface area contributed by atoms with E-state index in [0.29, 0.717) is 31.4 Å². The summed E-state index contributed by atoms with van der Waals surface area (Å²) in [4.78, 5) is 21.4. The van der Waals surface area contributed by atoms with Gasteiger partial charge in [-0.1, -0.05) is 53.2 Å². The van der Waals surface area contributed by atoms with E-state index in [9.17, 15) is 4.79 Å². The van der Waals surface area contributed by atoms with E-state index in [1.165, 1.54) is 5.56 Å². The number of nitrogens with zero attached hydrogens (tertiary/aromatic N) is 4. The number of aryl methyl sites for hydroxylation is 1. The van der Waals surface area contributed by atoms with Crippen LogP contribution in [0, 0.1) is 6.92 Å². The topological polar surface area (TPSA) is 83.7 Å². The van der Waals surface area contributed by atoms with Crippen LogP contribution in [0.25, 0.3) is 11.4 Å². The average Bonchev–Trinajstić information content (AvgIpc) is 3.39. The Morgan fingerprint density at radius 3 is 2.35 bits per heavy atom. The van der Waals surface area contributed by atoms with E-state index < -0.39 is 0 Å². The molecule has 1 amide bonds. The van der Waals surface area contributed by atoms with Crippen LogP contribution in [-0.4, -0.2) is 58.6 Å². The van der Waals surface area contributed by atoms with Crippen LogP contribution in [0.5, 0.6) is 5.75 Å². The molecule has 190 valence electrons. The maximum absolute atomic E-state index is 12.4. The highest BCUT2D eigenvalue weighted by Crippen LogP contribution is 2.21. The van der Waals surface area contributed by atoms with E-state index in [1.54, 1.807) is 0 Å². The third kappa shape index (κ3) is 7.03. The highest BCUT2D eigenvalue weighted by Gasteiger charge is 2.21. The number of carbonyl (C=O) groups excluding carboxylic acids is 1. The number of benzene rings is 3. The van der Waals surface area contributed by atoms with Crippen LogP contribution in [0.1, 0.15) is 17.0 Å². The van der Waals surface area contributed by atoms with Crippen LogP contribution in [0.15, 0.2) is 83.4 Å². The Bertz CT molecular complexity index is 1280. The van der Waals surface area contributed by atoms with Gasteiger partial charge >= 0.3 is 0 Å². The van der Waals surface area contributed by atoms with Crippen molar-refractivity contribution in [3.63, 3.8) is 0 Å².